The Hall–Kier alpha value is -2.18. The Morgan fingerprint density at radius 2 is 2.13 bits per heavy atom. The summed E-state index contributed by atoms with van der Waals surface area (Å²) in [6.45, 7) is 0.165. The van der Waals surface area contributed by atoms with Crippen molar-refractivity contribution < 1.29 is 13.9 Å². The first-order valence-corrected chi connectivity index (χ1v) is 8.00. The van der Waals surface area contributed by atoms with Gasteiger partial charge in [0.05, 0.1) is 21.8 Å². The zero-order chi connectivity index (χ0) is 16.2. The third-order valence-corrected chi connectivity index (χ3v) is 4.36. The van der Waals surface area contributed by atoms with Gasteiger partial charge in [0.15, 0.2) is 6.61 Å². The molecule has 2 aromatic carbocycles. The Bertz CT molecular complexity index is 820. The lowest BCUT2D eigenvalue weighted by Gasteiger charge is -2.07. The molecule has 23 heavy (non-hydrogen) atoms. The van der Waals surface area contributed by atoms with Crippen LogP contribution in [0.25, 0.3) is 10.2 Å². The van der Waals surface area contributed by atoms with Crippen molar-refractivity contribution in [1.82, 2.24) is 10.3 Å². The van der Waals surface area contributed by atoms with Crippen LogP contribution >= 0.6 is 22.9 Å². The maximum absolute atomic E-state index is 13.0. The van der Waals surface area contributed by atoms with Crippen molar-refractivity contribution in [2.75, 3.05) is 6.61 Å². The number of aromatic nitrogens is 1. The van der Waals surface area contributed by atoms with Gasteiger partial charge in [-0.25, -0.2) is 9.37 Å². The summed E-state index contributed by atoms with van der Waals surface area (Å²) >= 11 is 7.18. The molecule has 0 aliphatic rings. The molecule has 3 rings (SSSR count). The highest BCUT2D eigenvalue weighted by molar-refractivity contribution is 7.18. The molecule has 0 fully saturated rings. The molecule has 0 unspecified atom stereocenters. The van der Waals surface area contributed by atoms with E-state index in [9.17, 15) is 9.18 Å². The number of amides is 1. The van der Waals surface area contributed by atoms with Crippen molar-refractivity contribution in [3.63, 3.8) is 0 Å². The lowest BCUT2D eigenvalue weighted by molar-refractivity contribution is -0.123. The number of ether oxygens (including phenoxy) is 1. The van der Waals surface area contributed by atoms with Gasteiger partial charge in [-0.1, -0.05) is 23.7 Å². The van der Waals surface area contributed by atoms with Gasteiger partial charge in [-0.3, -0.25) is 4.79 Å². The number of fused-ring (bicyclic) bond motifs is 1. The predicted octanol–water partition coefficient (Wildman–Crippen LogP) is 3.78. The van der Waals surface area contributed by atoms with Crippen LogP contribution in [0.15, 0.2) is 42.5 Å². The third kappa shape index (κ3) is 3.97. The standard InChI is InChI=1S/C16H12ClFN2O2S/c17-11-7-10(5-6-12(11)18)22-9-15(21)19-8-16-20-13-3-1-2-4-14(13)23-16/h1-7H,8-9H2,(H,19,21). The van der Waals surface area contributed by atoms with Crippen LogP contribution in [-0.4, -0.2) is 17.5 Å². The van der Waals surface area contributed by atoms with Crippen molar-refractivity contribution in [2.24, 2.45) is 0 Å². The van der Waals surface area contributed by atoms with Crippen LogP contribution in [-0.2, 0) is 11.3 Å². The number of benzene rings is 2. The molecule has 7 heteroatoms. The van der Waals surface area contributed by atoms with E-state index >= 15 is 0 Å². The Labute approximate surface area is 140 Å². The highest BCUT2D eigenvalue weighted by atomic mass is 35.5. The molecule has 0 saturated heterocycles. The van der Waals surface area contributed by atoms with Gasteiger partial charge in [0.25, 0.3) is 5.91 Å². The second-order valence-electron chi connectivity index (χ2n) is 4.72. The van der Waals surface area contributed by atoms with Crippen molar-refractivity contribution in [1.29, 1.82) is 0 Å². The number of rotatable bonds is 5. The molecule has 1 aromatic heterocycles. The Morgan fingerprint density at radius 3 is 2.91 bits per heavy atom. The summed E-state index contributed by atoms with van der Waals surface area (Å²) in [6.07, 6.45) is 0. The van der Waals surface area contributed by atoms with Crippen LogP contribution in [0.5, 0.6) is 5.75 Å². The maximum atomic E-state index is 13.0. The molecule has 1 heterocycles. The Balaban J connectivity index is 1.52. The molecule has 0 aliphatic carbocycles. The molecule has 0 aliphatic heterocycles. The predicted molar refractivity (Wildman–Crippen MR) is 88.4 cm³/mol. The topological polar surface area (TPSA) is 51.2 Å². The number of halogens is 2. The van der Waals surface area contributed by atoms with E-state index in [0.29, 0.717) is 12.3 Å². The van der Waals surface area contributed by atoms with Gasteiger partial charge in [-0.15, -0.1) is 11.3 Å². The monoisotopic (exact) mass is 350 g/mol. The van der Waals surface area contributed by atoms with E-state index in [0.717, 1.165) is 15.2 Å². The molecular formula is C16H12ClFN2O2S. The van der Waals surface area contributed by atoms with Crippen molar-refractivity contribution in [3.8, 4) is 5.75 Å². The summed E-state index contributed by atoms with van der Waals surface area (Å²) in [5.74, 6) is -0.476. The molecule has 0 atom stereocenters. The second-order valence-corrected chi connectivity index (χ2v) is 6.24. The quantitative estimate of drug-likeness (QED) is 0.761. The van der Waals surface area contributed by atoms with Gasteiger partial charge in [-0.05, 0) is 24.3 Å². The Kier molecular flexibility index (Phi) is 4.73. The lowest BCUT2D eigenvalue weighted by atomic mass is 10.3. The molecule has 4 nitrogen and oxygen atoms in total. The van der Waals surface area contributed by atoms with E-state index in [1.807, 2.05) is 24.3 Å². The SMILES string of the molecule is O=C(COc1ccc(F)c(Cl)c1)NCc1nc2ccccc2s1. The van der Waals surface area contributed by atoms with Crippen molar-refractivity contribution >= 4 is 39.1 Å². The van der Waals surface area contributed by atoms with Gasteiger partial charge in [0.1, 0.15) is 16.6 Å². The van der Waals surface area contributed by atoms with Crippen LogP contribution in [0.4, 0.5) is 4.39 Å². The molecule has 0 spiro atoms. The number of hydrogen-bond acceptors (Lipinski definition) is 4. The normalized spacial score (nSPS) is 10.7. The van der Waals surface area contributed by atoms with Gasteiger partial charge in [-0.2, -0.15) is 0 Å². The number of carbonyl (C=O) groups excluding carboxylic acids is 1. The Morgan fingerprint density at radius 1 is 1.30 bits per heavy atom. The van der Waals surface area contributed by atoms with Crippen molar-refractivity contribution in [2.45, 2.75) is 6.54 Å². The lowest BCUT2D eigenvalue weighted by Crippen LogP contribution is -2.28. The van der Waals surface area contributed by atoms with E-state index in [1.54, 1.807) is 0 Å². The first-order valence-electron chi connectivity index (χ1n) is 6.81. The fourth-order valence-corrected chi connectivity index (χ4v) is 3.01. The molecule has 1 amide bonds. The van der Waals surface area contributed by atoms with Crippen LogP contribution in [0.1, 0.15) is 5.01 Å². The second kappa shape index (κ2) is 6.93. The zero-order valence-electron chi connectivity index (χ0n) is 11.9. The fourth-order valence-electron chi connectivity index (χ4n) is 1.94. The minimum Gasteiger partial charge on any atom is -0.484 e. The van der Waals surface area contributed by atoms with Gasteiger partial charge in [0.2, 0.25) is 0 Å². The summed E-state index contributed by atoms with van der Waals surface area (Å²) in [5.41, 5.74) is 0.916. The van der Waals surface area contributed by atoms with Crippen molar-refractivity contribution in [3.05, 3.63) is 58.3 Å². The minimum atomic E-state index is -0.528. The first kappa shape index (κ1) is 15.7. The summed E-state index contributed by atoms with van der Waals surface area (Å²) in [7, 11) is 0. The molecule has 0 radical (unpaired) electrons. The van der Waals surface area contributed by atoms with Crippen LogP contribution < -0.4 is 10.1 Å². The average molecular weight is 351 g/mol. The number of nitrogens with zero attached hydrogens (tertiary/aromatic N) is 1. The highest BCUT2D eigenvalue weighted by Crippen LogP contribution is 2.22. The fraction of sp³-hybridized carbons (Fsp3) is 0.125. The van der Waals surface area contributed by atoms with Gasteiger partial charge >= 0.3 is 0 Å². The number of nitrogens with one attached hydrogen (secondary N) is 1. The molecular weight excluding hydrogens is 339 g/mol. The van der Waals surface area contributed by atoms with E-state index in [4.69, 9.17) is 16.3 Å². The number of carbonyl (C=O) groups is 1. The maximum Gasteiger partial charge on any atom is 0.258 e. The van der Waals surface area contributed by atoms with E-state index in [-0.39, 0.29) is 17.5 Å². The average Bonchev–Trinajstić information content (AvgIpc) is 2.97. The minimum absolute atomic E-state index is 0.0441. The number of para-hydroxylation sites is 1. The molecule has 118 valence electrons. The molecule has 1 N–H and O–H groups in total. The molecule has 3 aromatic rings. The summed E-state index contributed by atoms with van der Waals surface area (Å²) in [4.78, 5) is 16.2. The van der Waals surface area contributed by atoms with E-state index in [1.165, 1.54) is 29.5 Å². The first-order chi connectivity index (χ1) is 11.1. The van der Waals surface area contributed by atoms with Crippen LogP contribution in [0.2, 0.25) is 5.02 Å². The summed E-state index contributed by atoms with van der Waals surface area (Å²) in [6, 6.07) is 11.7. The largest absolute Gasteiger partial charge is 0.484 e. The van der Waals surface area contributed by atoms with Crippen LogP contribution in [0.3, 0.4) is 0 Å². The molecule has 0 bridgehead atoms. The summed E-state index contributed by atoms with van der Waals surface area (Å²) in [5, 5.41) is 3.51. The number of hydrogen-bond donors (Lipinski definition) is 1. The van der Waals surface area contributed by atoms with Gasteiger partial charge < -0.3 is 10.1 Å². The van der Waals surface area contributed by atoms with Crippen LogP contribution in [0, 0.1) is 5.82 Å². The van der Waals surface area contributed by atoms with E-state index < -0.39 is 5.82 Å². The van der Waals surface area contributed by atoms with E-state index in [2.05, 4.69) is 10.3 Å². The zero-order valence-corrected chi connectivity index (χ0v) is 13.5. The van der Waals surface area contributed by atoms with Gasteiger partial charge in [0, 0.05) is 6.07 Å². The highest BCUT2D eigenvalue weighted by Gasteiger charge is 2.07. The number of thiazole rings is 1. The smallest absolute Gasteiger partial charge is 0.258 e. The molecule has 0 saturated carbocycles. The third-order valence-electron chi connectivity index (χ3n) is 3.04. The summed E-state index contributed by atoms with van der Waals surface area (Å²) < 4.78 is 19.4.